The van der Waals surface area contributed by atoms with E-state index >= 15 is 0 Å². The molecule has 8 heteroatoms. The van der Waals surface area contributed by atoms with E-state index < -0.39 is 0 Å². The smallest absolute Gasteiger partial charge is 0.229 e. The van der Waals surface area contributed by atoms with Crippen molar-refractivity contribution in [1.29, 1.82) is 0 Å². The molecule has 0 spiro atoms. The Morgan fingerprint density at radius 1 is 1.27 bits per heavy atom. The predicted molar refractivity (Wildman–Crippen MR) is 121 cm³/mol. The lowest BCUT2D eigenvalue weighted by atomic mass is 9.99. The Morgan fingerprint density at radius 3 is 2.70 bits per heavy atom. The van der Waals surface area contributed by atoms with Crippen molar-refractivity contribution in [2.75, 3.05) is 25.5 Å². The van der Waals surface area contributed by atoms with Crippen LogP contribution in [0, 0.1) is 6.92 Å². The van der Waals surface area contributed by atoms with Gasteiger partial charge in [-0.1, -0.05) is 23.7 Å². The summed E-state index contributed by atoms with van der Waals surface area (Å²) in [7, 11) is 3.84. The molecule has 2 aromatic heterocycles. The first-order valence-corrected chi connectivity index (χ1v) is 11.2. The molecule has 1 aliphatic heterocycles. The first-order valence-electron chi connectivity index (χ1n) is 9.93. The van der Waals surface area contributed by atoms with E-state index in [0.717, 1.165) is 46.9 Å². The van der Waals surface area contributed by atoms with Gasteiger partial charge in [-0.2, -0.15) is 0 Å². The van der Waals surface area contributed by atoms with Gasteiger partial charge in [0.25, 0.3) is 0 Å². The third-order valence-corrected chi connectivity index (χ3v) is 6.32. The normalized spacial score (nSPS) is 16.1. The van der Waals surface area contributed by atoms with Gasteiger partial charge in [0.05, 0.1) is 28.9 Å². The Labute approximate surface area is 185 Å². The van der Waals surface area contributed by atoms with E-state index in [1.54, 1.807) is 11.3 Å². The average molecular weight is 442 g/mol. The molecule has 1 amide bonds. The summed E-state index contributed by atoms with van der Waals surface area (Å²) in [5, 5.41) is 3.63. The summed E-state index contributed by atoms with van der Waals surface area (Å²) in [4.78, 5) is 30.8. The van der Waals surface area contributed by atoms with Crippen LogP contribution in [0.1, 0.15) is 35.3 Å². The van der Waals surface area contributed by atoms with Gasteiger partial charge in [0.15, 0.2) is 0 Å². The molecule has 1 saturated heterocycles. The molecule has 0 bridgehead atoms. The first-order chi connectivity index (χ1) is 14.4. The number of hydrogen-bond acceptors (Lipinski definition) is 6. The summed E-state index contributed by atoms with van der Waals surface area (Å²) >= 11 is 7.65. The molecule has 1 aromatic carbocycles. The van der Waals surface area contributed by atoms with Gasteiger partial charge in [0.2, 0.25) is 11.9 Å². The van der Waals surface area contributed by atoms with Crippen molar-refractivity contribution in [3.63, 3.8) is 0 Å². The van der Waals surface area contributed by atoms with Crippen molar-refractivity contribution in [2.24, 2.45) is 0 Å². The molecule has 30 heavy (non-hydrogen) atoms. The number of hydrogen-bond donors (Lipinski definition) is 0. The topological polar surface area (TPSA) is 62.2 Å². The third-order valence-electron chi connectivity index (χ3n) is 5.25. The van der Waals surface area contributed by atoms with Crippen LogP contribution in [0.15, 0.2) is 35.8 Å². The fourth-order valence-electron chi connectivity index (χ4n) is 3.80. The molecule has 0 unspecified atom stereocenters. The predicted octanol–water partition coefficient (Wildman–Crippen LogP) is 4.53. The Bertz CT molecular complexity index is 1050. The van der Waals surface area contributed by atoms with Crippen LogP contribution in [0.5, 0.6) is 0 Å². The largest absolute Gasteiger partial charge is 0.347 e. The number of amides is 1. The molecule has 1 atom stereocenters. The van der Waals surface area contributed by atoms with E-state index in [9.17, 15) is 4.79 Å². The maximum absolute atomic E-state index is 13.1. The number of halogens is 1. The summed E-state index contributed by atoms with van der Waals surface area (Å²) in [6.45, 7) is 2.69. The lowest BCUT2D eigenvalue weighted by Gasteiger charge is -2.26. The Balaban J connectivity index is 1.70. The van der Waals surface area contributed by atoms with Gasteiger partial charge in [-0.3, -0.25) is 4.79 Å². The highest BCUT2D eigenvalue weighted by atomic mass is 35.5. The van der Waals surface area contributed by atoms with Crippen LogP contribution in [0.25, 0.3) is 11.1 Å². The minimum absolute atomic E-state index is 0.0791. The molecular weight excluding hydrogens is 418 g/mol. The second-order valence-corrected chi connectivity index (χ2v) is 9.15. The molecule has 6 nitrogen and oxygen atoms in total. The number of thiazole rings is 1. The van der Waals surface area contributed by atoms with Crippen LogP contribution in [0.4, 0.5) is 5.95 Å². The minimum Gasteiger partial charge on any atom is -0.347 e. The molecule has 0 aliphatic carbocycles. The maximum atomic E-state index is 13.1. The van der Waals surface area contributed by atoms with Crippen molar-refractivity contribution in [1.82, 2.24) is 19.9 Å². The Hall–Kier alpha value is -2.51. The van der Waals surface area contributed by atoms with Gasteiger partial charge in [-0.05, 0) is 37.5 Å². The molecule has 0 radical (unpaired) electrons. The number of carbonyl (C=O) groups is 1. The van der Waals surface area contributed by atoms with Crippen molar-refractivity contribution in [3.8, 4) is 11.1 Å². The van der Waals surface area contributed by atoms with Crippen LogP contribution in [-0.4, -0.2) is 46.4 Å². The second kappa shape index (κ2) is 8.70. The van der Waals surface area contributed by atoms with Crippen molar-refractivity contribution >= 4 is 34.8 Å². The fraction of sp³-hybridized carbons (Fsp3) is 0.364. The number of nitrogens with zero attached hydrogens (tertiary/aromatic N) is 5. The first kappa shape index (κ1) is 20.8. The zero-order valence-electron chi connectivity index (χ0n) is 17.3. The quantitative estimate of drug-likeness (QED) is 0.581. The van der Waals surface area contributed by atoms with Crippen LogP contribution < -0.4 is 4.90 Å². The van der Waals surface area contributed by atoms with E-state index in [2.05, 4.69) is 9.97 Å². The summed E-state index contributed by atoms with van der Waals surface area (Å²) in [5.41, 5.74) is 3.65. The zero-order chi connectivity index (χ0) is 21.3. The fourth-order valence-corrected chi connectivity index (χ4v) is 4.54. The maximum Gasteiger partial charge on any atom is 0.229 e. The highest BCUT2D eigenvalue weighted by molar-refractivity contribution is 7.09. The standard InChI is InChI=1S/C22H24ClN5OS/c1-14-25-17(13-30-14)11-20(29)28-10-4-5-19(28)21-18(12-24-22(26-21)27(2)3)15-6-8-16(23)9-7-15/h6-9,12-13,19H,4-5,10-11H2,1-3H3/t19-/m1/s1. The molecule has 1 fully saturated rings. The lowest BCUT2D eigenvalue weighted by Crippen LogP contribution is -2.33. The zero-order valence-corrected chi connectivity index (χ0v) is 18.9. The molecule has 0 N–H and O–H groups in total. The second-order valence-electron chi connectivity index (χ2n) is 7.65. The monoisotopic (exact) mass is 441 g/mol. The average Bonchev–Trinajstić information content (AvgIpc) is 3.37. The lowest BCUT2D eigenvalue weighted by molar-refractivity contribution is -0.131. The van der Waals surface area contributed by atoms with Gasteiger partial charge in [-0.25, -0.2) is 15.0 Å². The van der Waals surface area contributed by atoms with Crippen LogP contribution >= 0.6 is 22.9 Å². The van der Waals surface area contributed by atoms with Gasteiger partial charge in [0.1, 0.15) is 0 Å². The van der Waals surface area contributed by atoms with Gasteiger partial charge in [0, 0.05) is 42.8 Å². The summed E-state index contributed by atoms with van der Waals surface area (Å²) in [5.74, 6) is 0.729. The number of anilines is 1. The number of likely N-dealkylation sites (tertiary alicyclic amines) is 1. The molecule has 0 saturated carbocycles. The molecule has 1 aliphatic rings. The van der Waals surface area contributed by atoms with E-state index in [-0.39, 0.29) is 11.9 Å². The molecular formula is C22H24ClN5OS. The van der Waals surface area contributed by atoms with Gasteiger partial charge >= 0.3 is 0 Å². The van der Waals surface area contributed by atoms with Crippen molar-refractivity contribution in [3.05, 3.63) is 57.3 Å². The van der Waals surface area contributed by atoms with Crippen LogP contribution in [0.2, 0.25) is 5.02 Å². The van der Waals surface area contributed by atoms with Crippen LogP contribution in [0.3, 0.4) is 0 Å². The molecule has 156 valence electrons. The van der Waals surface area contributed by atoms with Crippen LogP contribution in [-0.2, 0) is 11.2 Å². The number of aryl methyl sites for hydroxylation is 1. The van der Waals surface area contributed by atoms with E-state index in [0.29, 0.717) is 17.4 Å². The highest BCUT2D eigenvalue weighted by Gasteiger charge is 2.33. The third kappa shape index (κ3) is 4.32. The molecule has 3 heterocycles. The minimum atomic E-state index is -0.0791. The highest BCUT2D eigenvalue weighted by Crippen LogP contribution is 2.37. The summed E-state index contributed by atoms with van der Waals surface area (Å²) in [6, 6.07) is 7.59. The number of benzene rings is 1. The number of carbonyl (C=O) groups excluding carboxylic acids is 1. The Morgan fingerprint density at radius 2 is 2.03 bits per heavy atom. The van der Waals surface area contributed by atoms with Crippen molar-refractivity contribution in [2.45, 2.75) is 32.2 Å². The summed E-state index contributed by atoms with van der Waals surface area (Å²) in [6.07, 6.45) is 4.01. The SMILES string of the molecule is Cc1nc(CC(=O)N2CCC[C@@H]2c2nc(N(C)C)ncc2-c2ccc(Cl)cc2)cs1. The molecule has 3 aromatic rings. The van der Waals surface area contributed by atoms with E-state index in [4.69, 9.17) is 16.6 Å². The molecule has 4 rings (SSSR count). The number of aromatic nitrogens is 3. The Kier molecular flexibility index (Phi) is 6.01. The van der Waals surface area contributed by atoms with Crippen molar-refractivity contribution < 1.29 is 4.79 Å². The number of rotatable bonds is 5. The summed E-state index contributed by atoms with van der Waals surface area (Å²) < 4.78 is 0. The van der Waals surface area contributed by atoms with Gasteiger partial charge < -0.3 is 9.80 Å². The van der Waals surface area contributed by atoms with E-state index in [1.807, 2.05) is 66.7 Å². The van der Waals surface area contributed by atoms with E-state index in [1.165, 1.54) is 0 Å². The van der Waals surface area contributed by atoms with Gasteiger partial charge in [-0.15, -0.1) is 11.3 Å².